The van der Waals surface area contributed by atoms with Crippen LogP contribution in [-0.2, 0) is 0 Å². The van der Waals surface area contributed by atoms with Crippen molar-refractivity contribution in [1.82, 2.24) is 4.98 Å². The number of halogens is 2. The molecule has 1 aromatic carbocycles. The van der Waals surface area contributed by atoms with Crippen LogP contribution in [0.15, 0.2) is 36.4 Å². The van der Waals surface area contributed by atoms with Crippen molar-refractivity contribution in [3.05, 3.63) is 53.6 Å². The van der Waals surface area contributed by atoms with E-state index in [4.69, 9.17) is 4.74 Å². The normalized spacial score (nSPS) is 12.0. The Morgan fingerprint density at radius 2 is 1.90 bits per heavy atom. The molecule has 0 aliphatic carbocycles. The Morgan fingerprint density at radius 3 is 2.55 bits per heavy atom. The number of hydrogen-bond donors (Lipinski definition) is 1. The molecule has 0 bridgehead atoms. The molecule has 1 aromatic heterocycles. The van der Waals surface area contributed by atoms with E-state index in [1.54, 1.807) is 13.8 Å². The highest BCUT2D eigenvalue weighted by Gasteiger charge is 2.16. The lowest BCUT2D eigenvalue weighted by Gasteiger charge is -2.15. The molecule has 3 nitrogen and oxygen atoms in total. The molecule has 0 radical (unpaired) electrons. The number of ether oxygens (including phenoxy) is 1. The average Bonchev–Trinajstić information content (AvgIpc) is 2.45. The third-order valence-electron chi connectivity index (χ3n) is 2.80. The standard InChI is InChI=1S/C15H16F2N2O/c1-3-18-14-12(16)9-13(17)15(19-14)20-10(2)11-7-5-4-6-8-11/h4-10H,3H2,1-2H3,(H,18,19). The molecule has 20 heavy (non-hydrogen) atoms. The van der Waals surface area contributed by atoms with E-state index in [2.05, 4.69) is 10.3 Å². The van der Waals surface area contributed by atoms with Crippen molar-refractivity contribution in [3.63, 3.8) is 0 Å². The SMILES string of the molecule is CCNc1nc(OC(C)c2ccccc2)c(F)cc1F. The Bertz CT molecular complexity index is 576. The van der Waals surface area contributed by atoms with Crippen molar-refractivity contribution in [2.24, 2.45) is 0 Å². The zero-order valence-corrected chi connectivity index (χ0v) is 11.4. The van der Waals surface area contributed by atoms with Crippen LogP contribution >= 0.6 is 0 Å². The lowest BCUT2D eigenvalue weighted by Crippen LogP contribution is -2.09. The maximum Gasteiger partial charge on any atom is 0.253 e. The lowest BCUT2D eigenvalue weighted by molar-refractivity contribution is 0.206. The van der Waals surface area contributed by atoms with Gasteiger partial charge in [0.25, 0.3) is 5.88 Å². The molecule has 1 N–H and O–H groups in total. The molecule has 0 saturated heterocycles. The van der Waals surface area contributed by atoms with E-state index in [1.165, 1.54) is 0 Å². The van der Waals surface area contributed by atoms with Crippen LogP contribution in [0.2, 0.25) is 0 Å². The molecule has 2 aromatic rings. The van der Waals surface area contributed by atoms with Gasteiger partial charge in [-0.05, 0) is 19.4 Å². The first-order valence-electron chi connectivity index (χ1n) is 6.43. The van der Waals surface area contributed by atoms with Crippen LogP contribution in [-0.4, -0.2) is 11.5 Å². The third-order valence-corrected chi connectivity index (χ3v) is 2.80. The Hall–Kier alpha value is -2.17. The molecule has 2 rings (SSSR count). The number of benzene rings is 1. The van der Waals surface area contributed by atoms with Crippen molar-refractivity contribution in [2.75, 3.05) is 11.9 Å². The third kappa shape index (κ3) is 3.23. The van der Waals surface area contributed by atoms with Crippen LogP contribution in [0.5, 0.6) is 5.88 Å². The fourth-order valence-corrected chi connectivity index (χ4v) is 1.78. The van der Waals surface area contributed by atoms with Gasteiger partial charge in [0.1, 0.15) is 6.10 Å². The largest absolute Gasteiger partial charge is 0.468 e. The zero-order chi connectivity index (χ0) is 14.5. The van der Waals surface area contributed by atoms with Gasteiger partial charge >= 0.3 is 0 Å². The van der Waals surface area contributed by atoms with E-state index >= 15 is 0 Å². The van der Waals surface area contributed by atoms with Gasteiger partial charge in [-0.15, -0.1) is 0 Å². The topological polar surface area (TPSA) is 34.2 Å². The molecule has 1 unspecified atom stereocenters. The van der Waals surface area contributed by atoms with Gasteiger partial charge in [0.2, 0.25) is 0 Å². The predicted molar refractivity (Wildman–Crippen MR) is 73.8 cm³/mol. The van der Waals surface area contributed by atoms with E-state index in [0.29, 0.717) is 6.54 Å². The molecule has 0 fully saturated rings. The molecular weight excluding hydrogens is 262 g/mol. The summed E-state index contributed by atoms with van der Waals surface area (Å²) in [7, 11) is 0. The first kappa shape index (κ1) is 14.2. The Kier molecular flexibility index (Phi) is 4.50. The van der Waals surface area contributed by atoms with E-state index in [0.717, 1.165) is 11.6 Å². The number of aromatic nitrogens is 1. The number of anilines is 1. The van der Waals surface area contributed by atoms with E-state index in [1.807, 2.05) is 30.3 Å². The fraction of sp³-hybridized carbons (Fsp3) is 0.267. The first-order chi connectivity index (χ1) is 9.61. The van der Waals surface area contributed by atoms with Gasteiger partial charge in [0, 0.05) is 12.6 Å². The van der Waals surface area contributed by atoms with Gasteiger partial charge in [-0.1, -0.05) is 30.3 Å². The van der Waals surface area contributed by atoms with Gasteiger partial charge in [-0.2, -0.15) is 4.98 Å². The van der Waals surface area contributed by atoms with Crippen molar-refractivity contribution in [3.8, 4) is 5.88 Å². The van der Waals surface area contributed by atoms with E-state index < -0.39 is 11.6 Å². The summed E-state index contributed by atoms with van der Waals surface area (Å²) in [6.07, 6.45) is -0.377. The molecule has 5 heteroatoms. The van der Waals surface area contributed by atoms with Gasteiger partial charge in [0.15, 0.2) is 17.5 Å². The molecule has 0 spiro atoms. The van der Waals surface area contributed by atoms with Crippen LogP contribution in [0, 0.1) is 11.6 Å². The molecular formula is C15H16F2N2O. The van der Waals surface area contributed by atoms with E-state index in [-0.39, 0.29) is 17.8 Å². The lowest BCUT2D eigenvalue weighted by atomic mass is 10.1. The van der Waals surface area contributed by atoms with Crippen LogP contribution in [0.3, 0.4) is 0 Å². The average molecular weight is 278 g/mol. The molecule has 106 valence electrons. The van der Waals surface area contributed by atoms with Gasteiger partial charge < -0.3 is 10.1 Å². The van der Waals surface area contributed by atoms with Crippen LogP contribution in [0.25, 0.3) is 0 Å². The summed E-state index contributed by atoms with van der Waals surface area (Å²) >= 11 is 0. The summed E-state index contributed by atoms with van der Waals surface area (Å²) in [6, 6.07) is 10.1. The van der Waals surface area contributed by atoms with Crippen LogP contribution < -0.4 is 10.1 Å². The minimum atomic E-state index is -0.813. The highest BCUT2D eigenvalue weighted by Crippen LogP contribution is 2.25. The second kappa shape index (κ2) is 6.32. The molecule has 0 aliphatic heterocycles. The highest BCUT2D eigenvalue weighted by molar-refractivity contribution is 5.39. The summed E-state index contributed by atoms with van der Waals surface area (Å²) < 4.78 is 32.6. The number of rotatable bonds is 5. The second-order valence-electron chi connectivity index (χ2n) is 4.31. The number of hydrogen-bond acceptors (Lipinski definition) is 3. The maximum atomic E-state index is 13.7. The molecule has 1 heterocycles. The monoisotopic (exact) mass is 278 g/mol. The molecule has 0 saturated carbocycles. The molecule has 0 aliphatic rings. The maximum absolute atomic E-state index is 13.7. The smallest absolute Gasteiger partial charge is 0.253 e. The molecule has 1 atom stereocenters. The number of nitrogens with one attached hydrogen (secondary N) is 1. The van der Waals surface area contributed by atoms with Crippen molar-refractivity contribution < 1.29 is 13.5 Å². The summed E-state index contributed by atoms with van der Waals surface area (Å²) in [5.41, 5.74) is 0.892. The van der Waals surface area contributed by atoms with Gasteiger partial charge in [0.05, 0.1) is 0 Å². The van der Waals surface area contributed by atoms with Gasteiger partial charge in [-0.25, -0.2) is 8.78 Å². The fourth-order valence-electron chi connectivity index (χ4n) is 1.78. The summed E-state index contributed by atoms with van der Waals surface area (Å²) in [5, 5.41) is 2.72. The summed E-state index contributed by atoms with van der Waals surface area (Å²) in [4.78, 5) is 3.84. The number of nitrogens with zero attached hydrogens (tertiary/aromatic N) is 1. The first-order valence-corrected chi connectivity index (χ1v) is 6.43. The van der Waals surface area contributed by atoms with Crippen molar-refractivity contribution in [2.45, 2.75) is 20.0 Å². The number of pyridine rings is 1. The second-order valence-corrected chi connectivity index (χ2v) is 4.31. The Labute approximate surface area is 116 Å². The molecule has 0 amide bonds. The quantitative estimate of drug-likeness (QED) is 0.899. The Balaban J connectivity index is 2.22. The Morgan fingerprint density at radius 1 is 1.20 bits per heavy atom. The van der Waals surface area contributed by atoms with Crippen LogP contribution in [0.4, 0.5) is 14.6 Å². The highest BCUT2D eigenvalue weighted by atomic mass is 19.1. The summed E-state index contributed by atoms with van der Waals surface area (Å²) in [5.74, 6) is -1.76. The minimum absolute atomic E-state index is 0.0100. The van der Waals surface area contributed by atoms with Crippen molar-refractivity contribution in [1.29, 1.82) is 0 Å². The predicted octanol–water partition coefficient (Wildman–Crippen LogP) is 3.93. The van der Waals surface area contributed by atoms with Crippen molar-refractivity contribution >= 4 is 5.82 Å². The summed E-state index contributed by atoms with van der Waals surface area (Å²) in [6.45, 7) is 4.08. The van der Waals surface area contributed by atoms with Gasteiger partial charge in [-0.3, -0.25) is 0 Å². The van der Waals surface area contributed by atoms with Crippen LogP contribution in [0.1, 0.15) is 25.5 Å². The van der Waals surface area contributed by atoms with E-state index in [9.17, 15) is 8.78 Å². The minimum Gasteiger partial charge on any atom is -0.468 e. The zero-order valence-electron chi connectivity index (χ0n) is 11.4.